The number of nitrogens with zero attached hydrogens (tertiary/aromatic N) is 3. The van der Waals surface area contributed by atoms with Gasteiger partial charge in [0.2, 0.25) is 0 Å². The molecule has 164 valence electrons. The molecule has 7 nitrogen and oxygen atoms in total. The van der Waals surface area contributed by atoms with E-state index in [9.17, 15) is 9.59 Å². The highest BCUT2D eigenvalue weighted by atomic mass is 16.6. The molecule has 4 fully saturated rings. The molecule has 0 spiro atoms. The molecule has 4 aliphatic rings. The molecule has 1 N–H and O–H groups in total. The van der Waals surface area contributed by atoms with Gasteiger partial charge in [-0.3, -0.25) is 0 Å². The molecule has 0 aromatic carbocycles. The number of carbonyl (C=O) groups excluding carboxylic acids is 2. The fraction of sp³-hybridized carbons (Fsp3) is 0.909. The number of likely N-dealkylation sites (tertiary alicyclic amines) is 2. The van der Waals surface area contributed by atoms with E-state index in [0.29, 0.717) is 24.2 Å². The topological polar surface area (TPSA) is 65.1 Å². The molecule has 0 radical (unpaired) electrons. The van der Waals surface area contributed by atoms with Crippen LogP contribution < -0.4 is 5.32 Å². The van der Waals surface area contributed by atoms with Crippen molar-refractivity contribution < 1.29 is 14.3 Å². The zero-order valence-corrected chi connectivity index (χ0v) is 18.4. The molecular weight excluding hydrogens is 368 g/mol. The van der Waals surface area contributed by atoms with Crippen molar-refractivity contribution in [1.29, 1.82) is 0 Å². The lowest BCUT2D eigenvalue weighted by molar-refractivity contribution is 0.0104. The van der Waals surface area contributed by atoms with E-state index in [1.807, 2.05) is 25.7 Å². The molecular formula is C22H38N4O3. The van der Waals surface area contributed by atoms with Crippen molar-refractivity contribution in [3.05, 3.63) is 0 Å². The minimum absolute atomic E-state index is 0.172. The maximum Gasteiger partial charge on any atom is 0.410 e. The van der Waals surface area contributed by atoms with Gasteiger partial charge in [0.1, 0.15) is 5.60 Å². The van der Waals surface area contributed by atoms with Crippen LogP contribution in [0.4, 0.5) is 9.59 Å². The number of nitrogens with one attached hydrogen (secondary N) is 1. The summed E-state index contributed by atoms with van der Waals surface area (Å²) in [5.74, 6) is 0. The molecule has 7 heteroatoms. The Kier molecular flexibility index (Phi) is 5.96. The van der Waals surface area contributed by atoms with Gasteiger partial charge in [-0.1, -0.05) is 12.8 Å². The van der Waals surface area contributed by atoms with Crippen molar-refractivity contribution in [3.8, 4) is 0 Å². The molecule has 3 saturated heterocycles. The number of piperidine rings is 2. The maximum atomic E-state index is 12.6. The molecule has 0 aromatic rings. The minimum atomic E-state index is -0.435. The van der Waals surface area contributed by atoms with Crippen LogP contribution in [0, 0.1) is 0 Å². The highest BCUT2D eigenvalue weighted by Gasteiger charge is 2.44. The zero-order valence-electron chi connectivity index (χ0n) is 18.4. The predicted octanol–water partition coefficient (Wildman–Crippen LogP) is 3.19. The number of hydrogen-bond acceptors (Lipinski definition) is 4. The van der Waals surface area contributed by atoms with Crippen molar-refractivity contribution in [3.63, 3.8) is 0 Å². The molecule has 0 aromatic heterocycles. The van der Waals surface area contributed by atoms with E-state index < -0.39 is 5.60 Å². The van der Waals surface area contributed by atoms with Crippen molar-refractivity contribution in [2.24, 2.45) is 0 Å². The van der Waals surface area contributed by atoms with E-state index in [0.717, 1.165) is 64.7 Å². The largest absolute Gasteiger partial charge is 0.444 e. The summed E-state index contributed by atoms with van der Waals surface area (Å²) in [6.45, 7) is 9.41. The monoisotopic (exact) mass is 406 g/mol. The highest BCUT2D eigenvalue weighted by Crippen LogP contribution is 2.33. The lowest BCUT2D eigenvalue weighted by Crippen LogP contribution is -2.54. The van der Waals surface area contributed by atoms with Crippen LogP contribution in [0.15, 0.2) is 0 Å². The second kappa shape index (κ2) is 8.32. The van der Waals surface area contributed by atoms with E-state index in [4.69, 9.17) is 4.74 Å². The average molecular weight is 407 g/mol. The third-order valence-corrected chi connectivity index (χ3v) is 7.16. The molecule has 29 heavy (non-hydrogen) atoms. The second-order valence-corrected chi connectivity index (χ2v) is 10.3. The van der Waals surface area contributed by atoms with Crippen LogP contribution in [0.5, 0.6) is 0 Å². The number of amides is 3. The summed E-state index contributed by atoms with van der Waals surface area (Å²) in [7, 11) is 0. The van der Waals surface area contributed by atoms with E-state index in [1.165, 1.54) is 12.8 Å². The first kappa shape index (κ1) is 20.8. The summed E-state index contributed by atoms with van der Waals surface area (Å²) in [6, 6.07) is 1.91. The molecule has 2 atom stereocenters. The summed E-state index contributed by atoms with van der Waals surface area (Å²) in [6.07, 6.45) is 8.78. The second-order valence-electron chi connectivity index (χ2n) is 10.3. The Morgan fingerprint density at radius 1 is 0.931 bits per heavy atom. The highest BCUT2D eigenvalue weighted by molar-refractivity contribution is 5.78. The van der Waals surface area contributed by atoms with Gasteiger partial charge in [0.15, 0.2) is 0 Å². The lowest BCUT2D eigenvalue weighted by Gasteiger charge is -2.44. The molecule has 1 aliphatic carbocycles. The average Bonchev–Trinajstić information content (AvgIpc) is 3.02. The Hall–Kier alpha value is -1.50. The molecule has 3 amide bonds. The Balaban J connectivity index is 1.24. The van der Waals surface area contributed by atoms with Crippen molar-refractivity contribution >= 4 is 12.1 Å². The first-order valence-corrected chi connectivity index (χ1v) is 11.6. The normalized spacial score (nSPS) is 30.2. The molecule has 3 heterocycles. The SMILES string of the molecule is CC(C)(C)OC(=O)N1CCC(N2CCC(N3C(=O)NC4CCCCC43)CC2)CC1. The number of urea groups is 1. The fourth-order valence-electron chi connectivity index (χ4n) is 5.70. The van der Waals surface area contributed by atoms with Gasteiger partial charge in [-0.15, -0.1) is 0 Å². The number of rotatable bonds is 2. The quantitative estimate of drug-likeness (QED) is 0.765. The van der Waals surface area contributed by atoms with Crippen LogP contribution in [-0.2, 0) is 4.74 Å². The Bertz CT molecular complexity index is 604. The maximum absolute atomic E-state index is 12.6. The van der Waals surface area contributed by atoms with Crippen LogP contribution >= 0.6 is 0 Å². The van der Waals surface area contributed by atoms with Crippen molar-refractivity contribution in [2.45, 2.75) is 102 Å². The standard InChI is InChI=1S/C22H38N4O3/c1-22(2,3)29-21(28)25-14-8-16(9-15-25)24-12-10-17(11-13-24)26-19-7-5-4-6-18(19)23-20(26)27/h16-19H,4-15H2,1-3H3,(H,23,27). The summed E-state index contributed by atoms with van der Waals surface area (Å²) in [5.41, 5.74) is -0.435. The van der Waals surface area contributed by atoms with Gasteiger partial charge in [-0.2, -0.15) is 0 Å². The first-order chi connectivity index (χ1) is 13.8. The smallest absolute Gasteiger partial charge is 0.410 e. The Morgan fingerprint density at radius 3 is 2.21 bits per heavy atom. The van der Waals surface area contributed by atoms with Gasteiger partial charge in [0.25, 0.3) is 0 Å². The summed E-state index contributed by atoms with van der Waals surface area (Å²) in [4.78, 5) is 31.5. The summed E-state index contributed by atoms with van der Waals surface area (Å²) < 4.78 is 5.51. The number of hydrogen-bond donors (Lipinski definition) is 1. The van der Waals surface area contributed by atoms with Gasteiger partial charge >= 0.3 is 12.1 Å². The summed E-state index contributed by atoms with van der Waals surface area (Å²) >= 11 is 0. The molecule has 0 bridgehead atoms. The lowest BCUT2D eigenvalue weighted by atomic mass is 9.89. The Morgan fingerprint density at radius 2 is 1.55 bits per heavy atom. The third kappa shape index (κ3) is 4.65. The van der Waals surface area contributed by atoms with Gasteiger partial charge in [0, 0.05) is 38.3 Å². The van der Waals surface area contributed by atoms with E-state index in [2.05, 4.69) is 15.1 Å². The van der Waals surface area contributed by atoms with Crippen molar-refractivity contribution in [1.82, 2.24) is 20.0 Å². The van der Waals surface area contributed by atoms with E-state index >= 15 is 0 Å². The van der Waals surface area contributed by atoms with E-state index in [-0.39, 0.29) is 12.1 Å². The fourth-order valence-corrected chi connectivity index (χ4v) is 5.70. The van der Waals surface area contributed by atoms with Crippen LogP contribution in [0.25, 0.3) is 0 Å². The molecule has 4 rings (SSSR count). The van der Waals surface area contributed by atoms with Crippen molar-refractivity contribution in [2.75, 3.05) is 26.2 Å². The number of fused-ring (bicyclic) bond motifs is 1. The predicted molar refractivity (Wildman–Crippen MR) is 112 cm³/mol. The molecule has 1 saturated carbocycles. The molecule has 2 unspecified atom stereocenters. The van der Waals surface area contributed by atoms with Gasteiger partial charge < -0.3 is 24.8 Å². The molecule has 3 aliphatic heterocycles. The third-order valence-electron chi connectivity index (χ3n) is 7.16. The Labute approximate surface area is 175 Å². The van der Waals surface area contributed by atoms with Crippen LogP contribution in [0.2, 0.25) is 0 Å². The minimum Gasteiger partial charge on any atom is -0.444 e. The van der Waals surface area contributed by atoms with Crippen LogP contribution in [-0.4, -0.2) is 82.8 Å². The van der Waals surface area contributed by atoms with Crippen LogP contribution in [0.1, 0.15) is 72.1 Å². The zero-order chi connectivity index (χ0) is 20.6. The van der Waals surface area contributed by atoms with Gasteiger partial charge in [-0.05, 0) is 59.3 Å². The van der Waals surface area contributed by atoms with Crippen LogP contribution in [0.3, 0.4) is 0 Å². The first-order valence-electron chi connectivity index (χ1n) is 11.6. The van der Waals surface area contributed by atoms with Gasteiger partial charge in [0.05, 0.1) is 12.1 Å². The number of ether oxygens (including phenoxy) is 1. The number of carbonyl (C=O) groups is 2. The summed E-state index contributed by atoms with van der Waals surface area (Å²) in [5, 5.41) is 3.23. The van der Waals surface area contributed by atoms with Gasteiger partial charge in [-0.25, -0.2) is 9.59 Å². The van der Waals surface area contributed by atoms with E-state index in [1.54, 1.807) is 0 Å².